The van der Waals surface area contributed by atoms with Gasteiger partial charge in [0, 0.05) is 38.3 Å². The summed E-state index contributed by atoms with van der Waals surface area (Å²) in [6, 6.07) is 7.37. The summed E-state index contributed by atoms with van der Waals surface area (Å²) in [5.74, 6) is 4.93. The number of carbonyl (C=O) groups excluding carboxylic acids is 3. The quantitative estimate of drug-likeness (QED) is 0.128. The smallest absolute Gasteiger partial charge is 0.307 e. The Bertz CT molecular complexity index is 1090. The molecule has 1 aromatic rings. The Balaban J connectivity index is 3.32. The zero-order valence-electron chi connectivity index (χ0n) is 22.2. The Morgan fingerprint density at radius 1 is 0.946 bits per heavy atom. The van der Waals surface area contributed by atoms with Crippen LogP contribution in [0.2, 0.25) is 0 Å². The zero-order valence-corrected chi connectivity index (χ0v) is 22.2. The lowest BCUT2D eigenvalue weighted by Crippen LogP contribution is -2.27. The average Bonchev–Trinajstić information content (AvgIpc) is 2.82. The molecule has 0 spiro atoms. The maximum absolute atomic E-state index is 11.9. The highest BCUT2D eigenvalue weighted by Gasteiger charge is 2.25. The number of rotatable bonds is 12. The molecular formula is C29H34O8. The Labute approximate surface area is 218 Å². The van der Waals surface area contributed by atoms with Crippen molar-refractivity contribution >= 4 is 17.9 Å². The first-order chi connectivity index (χ1) is 17.5. The van der Waals surface area contributed by atoms with Gasteiger partial charge in [-0.05, 0) is 43.7 Å². The molecule has 0 fully saturated rings. The lowest BCUT2D eigenvalue weighted by Gasteiger charge is -2.24. The molecule has 2 atom stereocenters. The van der Waals surface area contributed by atoms with Crippen molar-refractivity contribution in [3.8, 4) is 17.6 Å². The fourth-order valence-electron chi connectivity index (χ4n) is 2.81. The molecule has 0 bridgehead atoms. The number of methoxy groups -OCH3 is 1. The Morgan fingerprint density at radius 3 is 2.14 bits per heavy atom. The van der Waals surface area contributed by atoms with Crippen LogP contribution in [-0.4, -0.2) is 37.2 Å². The number of esters is 3. The van der Waals surface area contributed by atoms with Gasteiger partial charge in [-0.15, -0.1) is 0 Å². The normalized spacial score (nSPS) is 12.4. The van der Waals surface area contributed by atoms with Crippen LogP contribution in [0.1, 0.15) is 46.6 Å². The average molecular weight is 511 g/mol. The van der Waals surface area contributed by atoms with Gasteiger partial charge in [-0.1, -0.05) is 36.1 Å². The van der Waals surface area contributed by atoms with Gasteiger partial charge in [-0.25, -0.2) is 0 Å². The first-order valence-corrected chi connectivity index (χ1v) is 11.5. The molecule has 0 aromatic heterocycles. The zero-order chi connectivity index (χ0) is 27.8. The Morgan fingerprint density at radius 2 is 1.59 bits per heavy atom. The van der Waals surface area contributed by atoms with Crippen molar-refractivity contribution < 1.29 is 38.1 Å². The van der Waals surface area contributed by atoms with E-state index in [0.717, 1.165) is 23.7 Å². The van der Waals surface area contributed by atoms with E-state index in [-0.39, 0.29) is 18.6 Å². The number of carbonyl (C=O) groups is 3. The topological polar surface area (TPSA) is 97.4 Å². The first kappa shape index (κ1) is 30.9. The van der Waals surface area contributed by atoms with Crippen LogP contribution < -0.4 is 4.74 Å². The predicted octanol–water partition coefficient (Wildman–Crippen LogP) is 4.95. The van der Waals surface area contributed by atoms with Gasteiger partial charge >= 0.3 is 17.9 Å². The second-order valence-corrected chi connectivity index (χ2v) is 8.14. The molecule has 8 heteroatoms. The minimum absolute atomic E-state index is 0.0928. The Kier molecular flexibility index (Phi) is 13.8. The van der Waals surface area contributed by atoms with Gasteiger partial charge in [0.1, 0.15) is 18.1 Å². The molecule has 0 aliphatic rings. The molecule has 0 unspecified atom stereocenters. The summed E-state index contributed by atoms with van der Waals surface area (Å²) in [5, 5.41) is 0. The van der Waals surface area contributed by atoms with Crippen LogP contribution in [0.3, 0.4) is 0 Å². The van der Waals surface area contributed by atoms with E-state index >= 15 is 0 Å². The summed E-state index contributed by atoms with van der Waals surface area (Å²) in [7, 11) is 1.59. The molecule has 0 radical (unpaired) electrons. The van der Waals surface area contributed by atoms with Crippen LogP contribution in [0.15, 0.2) is 72.2 Å². The predicted molar refractivity (Wildman–Crippen MR) is 139 cm³/mol. The summed E-state index contributed by atoms with van der Waals surface area (Å²) in [6.07, 6.45) is 3.85. The number of ether oxygens (including phenoxy) is 5. The van der Waals surface area contributed by atoms with Crippen molar-refractivity contribution in [2.24, 2.45) is 0 Å². The fourth-order valence-corrected chi connectivity index (χ4v) is 2.81. The van der Waals surface area contributed by atoms with Crippen molar-refractivity contribution in [1.82, 2.24) is 0 Å². The highest BCUT2D eigenvalue weighted by molar-refractivity contribution is 5.68. The summed E-state index contributed by atoms with van der Waals surface area (Å²) >= 11 is 0. The molecule has 37 heavy (non-hydrogen) atoms. The van der Waals surface area contributed by atoms with Crippen molar-refractivity contribution in [3.05, 3.63) is 77.8 Å². The number of allylic oxidation sites excluding steroid dienone is 2. The van der Waals surface area contributed by atoms with Crippen LogP contribution >= 0.6 is 0 Å². The third kappa shape index (κ3) is 13.5. The van der Waals surface area contributed by atoms with Crippen molar-refractivity contribution in [1.29, 1.82) is 0 Å². The van der Waals surface area contributed by atoms with Gasteiger partial charge in [-0.3, -0.25) is 14.4 Å². The second kappa shape index (κ2) is 16.6. The van der Waals surface area contributed by atoms with E-state index in [1.807, 2.05) is 38.1 Å². The number of hydrogen-bond donors (Lipinski definition) is 0. The molecule has 0 amide bonds. The van der Waals surface area contributed by atoms with E-state index in [1.54, 1.807) is 13.2 Å². The van der Waals surface area contributed by atoms with E-state index < -0.39 is 30.1 Å². The van der Waals surface area contributed by atoms with Crippen LogP contribution in [0.4, 0.5) is 0 Å². The summed E-state index contributed by atoms with van der Waals surface area (Å²) in [4.78, 5) is 34.6. The maximum atomic E-state index is 11.9. The number of benzene rings is 1. The maximum Gasteiger partial charge on any atom is 0.307 e. The lowest BCUT2D eigenvalue weighted by atomic mass is 9.99. The summed E-state index contributed by atoms with van der Waals surface area (Å²) in [5.41, 5.74) is 2.62. The van der Waals surface area contributed by atoms with Crippen LogP contribution in [0.25, 0.3) is 0 Å². The van der Waals surface area contributed by atoms with Crippen molar-refractivity contribution in [2.75, 3.05) is 7.11 Å². The van der Waals surface area contributed by atoms with Crippen LogP contribution in [0, 0.1) is 11.8 Å². The van der Waals surface area contributed by atoms with Gasteiger partial charge in [0.25, 0.3) is 0 Å². The summed E-state index contributed by atoms with van der Waals surface area (Å²) < 4.78 is 26.7. The van der Waals surface area contributed by atoms with E-state index in [1.165, 1.54) is 26.8 Å². The molecule has 0 saturated heterocycles. The molecule has 198 valence electrons. The molecule has 1 aromatic carbocycles. The van der Waals surface area contributed by atoms with E-state index in [9.17, 15) is 14.4 Å². The molecule has 0 aliphatic carbocycles. The highest BCUT2D eigenvalue weighted by atomic mass is 16.6. The third-order valence-electron chi connectivity index (χ3n) is 4.56. The molecule has 0 aliphatic heterocycles. The van der Waals surface area contributed by atoms with Gasteiger partial charge in [0.2, 0.25) is 0 Å². The standard InChI is InChI=1S/C29H34O8/c1-20(2)9-8-10-21(3)28(36-18-25-11-13-27(33-7)14-12-25)17-29(37-24(6)32)26(19-35-23(5)31)15-16-34-22(4)30/h9,11-16,19,28-29H,3,17-18H2,1-2,4-7H3/b16-15+,26-19-/t28-,29-/m0/s1. The lowest BCUT2D eigenvalue weighted by molar-refractivity contribution is -0.146. The molecular weight excluding hydrogens is 476 g/mol. The van der Waals surface area contributed by atoms with E-state index in [2.05, 4.69) is 18.4 Å². The van der Waals surface area contributed by atoms with Crippen LogP contribution in [0.5, 0.6) is 5.75 Å². The molecule has 1 rings (SSSR count). The minimum atomic E-state index is -0.938. The Hall–Kier alpha value is -4.09. The van der Waals surface area contributed by atoms with Gasteiger partial charge in [0.15, 0.2) is 0 Å². The molecule has 8 nitrogen and oxygen atoms in total. The fraction of sp³-hybridized carbons (Fsp3) is 0.345. The first-order valence-electron chi connectivity index (χ1n) is 11.5. The van der Waals surface area contributed by atoms with Crippen molar-refractivity contribution in [2.45, 2.75) is 59.9 Å². The van der Waals surface area contributed by atoms with E-state index in [0.29, 0.717) is 11.3 Å². The minimum Gasteiger partial charge on any atom is -0.497 e. The van der Waals surface area contributed by atoms with Gasteiger partial charge in [-0.2, -0.15) is 0 Å². The van der Waals surface area contributed by atoms with Crippen molar-refractivity contribution in [3.63, 3.8) is 0 Å². The van der Waals surface area contributed by atoms with Crippen LogP contribution in [-0.2, 0) is 39.9 Å². The third-order valence-corrected chi connectivity index (χ3v) is 4.56. The van der Waals surface area contributed by atoms with Gasteiger partial charge in [0.05, 0.1) is 26.1 Å². The monoisotopic (exact) mass is 510 g/mol. The molecule has 0 N–H and O–H groups in total. The number of hydrogen-bond acceptors (Lipinski definition) is 8. The summed E-state index contributed by atoms with van der Waals surface area (Å²) in [6.45, 7) is 11.8. The largest absolute Gasteiger partial charge is 0.497 e. The second-order valence-electron chi connectivity index (χ2n) is 8.14. The molecule has 0 heterocycles. The van der Waals surface area contributed by atoms with Gasteiger partial charge < -0.3 is 23.7 Å². The van der Waals surface area contributed by atoms with E-state index in [4.69, 9.17) is 23.7 Å². The highest BCUT2D eigenvalue weighted by Crippen LogP contribution is 2.23. The SMILES string of the molecule is C=C(C#CC=C(C)C)[C@H](C[C@H](OC(C)=O)C(=C\OC(C)=O)/C=C/OC(C)=O)OCc1ccc(OC)cc1. The molecule has 0 saturated carbocycles.